The van der Waals surface area contributed by atoms with Crippen LogP contribution in [0, 0.1) is 5.92 Å². The number of aromatic nitrogens is 2. The van der Waals surface area contributed by atoms with Gasteiger partial charge < -0.3 is 9.84 Å². The van der Waals surface area contributed by atoms with Gasteiger partial charge in [-0.3, -0.25) is 4.90 Å². The predicted octanol–water partition coefficient (Wildman–Crippen LogP) is 2.23. The monoisotopic (exact) mass is 280 g/mol. The quantitative estimate of drug-likeness (QED) is 0.830. The third kappa shape index (κ3) is 4.56. The van der Waals surface area contributed by atoms with Crippen LogP contribution in [0.2, 0.25) is 0 Å². The SMILES string of the molecule is CCCN(Cc1nc(CC(C)C)no1)C1CCNCC1. The van der Waals surface area contributed by atoms with Gasteiger partial charge in [0, 0.05) is 12.5 Å². The molecule has 1 fully saturated rings. The molecule has 0 aromatic carbocycles. The van der Waals surface area contributed by atoms with E-state index in [0.29, 0.717) is 12.0 Å². The summed E-state index contributed by atoms with van der Waals surface area (Å²) in [4.78, 5) is 7.04. The lowest BCUT2D eigenvalue weighted by Gasteiger charge is -2.33. The Balaban J connectivity index is 1.94. The Morgan fingerprint density at radius 2 is 2.10 bits per heavy atom. The van der Waals surface area contributed by atoms with Crippen LogP contribution in [-0.4, -0.2) is 40.7 Å². The number of hydrogen-bond acceptors (Lipinski definition) is 5. The first-order valence-corrected chi connectivity index (χ1v) is 7.95. The summed E-state index contributed by atoms with van der Waals surface area (Å²) >= 11 is 0. The highest BCUT2D eigenvalue weighted by Crippen LogP contribution is 2.16. The van der Waals surface area contributed by atoms with E-state index in [4.69, 9.17) is 4.52 Å². The molecule has 1 saturated heterocycles. The first-order chi connectivity index (χ1) is 9.69. The van der Waals surface area contributed by atoms with Gasteiger partial charge >= 0.3 is 0 Å². The summed E-state index contributed by atoms with van der Waals surface area (Å²) in [6.07, 6.45) is 4.49. The van der Waals surface area contributed by atoms with Gasteiger partial charge in [0.05, 0.1) is 6.54 Å². The van der Waals surface area contributed by atoms with E-state index >= 15 is 0 Å². The molecule has 0 unspecified atom stereocenters. The van der Waals surface area contributed by atoms with Crippen LogP contribution < -0.4 is 5.32 Å². The molecule has 0 amide bonds. The van der Waals surface area contributed by atoms with Crippen LogP contribution in [0.25, 0.3) is 0 Å². The van der Waals surface area contributed by atoms with Crippen LogP contribution in [0.5, 0.6) is 0 Å². The molecule has 20 heavy (non-hydrogen) atoms. The second-order valence-corrected chi connectivity index (χ2v) is 6.15. The standard InChI is InChI=1S/C15H28N4O/c1-4-9-19(13-5-7-16-8-6-13)11-15-17-14(18-20-15)10-12(2)3/h12-13,16H,4-11H2,1-3H3. The fraction of sp³-hybridized carbons (Fsp3) is 0.867. The van der Waals surface area contributed by atoms with Crippen molar-refractivity contribution in [2.24, 2.45) is 5.92 Å². The number of hydrogen-bond donors (Lipinski definition) is 1. The first-order valence-electron chi connectivity index (χ1n) is 7.95. The van der Waals surface area contributed by atoms with Crippen molar-refractivity contribution < 1.29 is 4.52 Å². The fourth-order valence-corrected chi connectivity index (χ4v) is 2.83. The lowest BCUT2D eigenvalue weighted by molar-refractivity contribution is 0.137. The largest absolute Gasteiger partial charge is 0.338 e. The Labute approximate surface area is 122 Å². The van der Waals surface area contributed by atoms with Gasteiger partial charge in [-0.2, -0.15) is 4.98 Å². The van der Waals surface area contributed by atoms with Crippen LogP contribution in [0.1, 0.15) is 51.7 Å². The fourth-order valence-electron chi connectivity index (χ4n) is 2.83. The summed E-state index contributed by atoms with van der Waals surface area (Å²) in [5.74, 6) is 2.18. The molecule has 1 aromatic rings. The average molecular weight is 280 g/mol. The van der Waals surface area contributed by atoms with E-state index in [9.17, 15) is 0 Å². The molecule has 1 aliphatic heterocycles. The van der Waals surface area contributed by atoms with Crippen molar-refractivity contribution >= 4 is 0 Å². The molecule has 1 aromatic heterocycles. The van der Waals surface area contributed by atoms with E-state index in [-0.39, 0.29) is 0 Å². The molecule has 114 valence electrons. The van der Waals surface area contributed by atoms with Crippen molar-refractivity contribution in [3.05, 3.63) is 11.7 Å². The van der Waals surface area contributed by atoms with Gasteiger partial charge in [0.1, 0.15) is 0 Å². The van der Waals surface area contributed by atoms with Crippen molar-refractivity contribution in [3.63, 3.8) is 0 Å². The molecule has 5 heteroatoms. The second kappa shape index (κ2) is 7.74. The minimum absolute atomic E-state index is 0.566. The Hall–Kier alpha value is -0.940. The molecule has 0 saturated carbocycles. The zero-order valence-corrected chi connectivity index (χ0v) is 13.1. The summed E-state index contributed by atoms with van der Waals surface area (Å²) in [5.41, 5.74) is 0. The number of nitrogens with zero attached hydrogens (tertiary/aromatic N) is 3. The van der Waals surface area contributed by atoms with Gasteiger partial charge in [-0.1, -0.05) is 25.9 Å². The zero-order chi connectivity index (χ0) is 14.4. The zero-order valence-electron chi connectivity index (χ0n) is 13.1. The number of piperidine rings is 1. The topological polar surface area (TPSA) is 54.2 Å². The lowest BCUT2D eigenvalue weighted by atomic mass is 10.0. The molecule has 2 heterocycles. The highest BCUT2D eigenvalue weighted by molar-refractivity contribution is 4.89. The van der Waals surface area contributed by atoms with Crippen LogP contribution >= 0.6 is 0 Å². The van der Waals surface area contributed by atoms with Gasteiger partial charge in [0.25, 0.3) is 0 Å². The summed E-state index contributed by atoms with van der Waals surface area (Å²) in [5, 5.41) is 7.51. The van der Waals surface area contributed by atoms with Gasteiger partial charge in [-0.25, -0.2) is 0 Å². The third-order valence-electron chi connectivity index (χ3n) is 3.78. The average Bonchev–Trinajstić information content (AvgIpc) is 2.86. The van der Waals surface area contributed by atoms with Crippen LogP contribution in [0.15, 0.2) is 4.52 Å². The minimum atomic E-state index is 0.566. The van der Waals surface area contributed by atoms with Crippen molar-refractivity contribution in [3.8, 4) is 0 Å². The maximum Gasteiger partial charge on any atom is 0.240 e. The van der Waals surface area contributed by atoms with Gasteiger partial charge in [0.2, 0.25) is 5.89 Å². The van der Waals surface area contributed by atoms with Gasteiger partial charge in [-0.15, -0.1) is 0 Å². The molecule has 1 N–H and O–H groups in total. The maximum atomic E-state index is 5.41. The molecule has 2 rings (SSSR count). The smallest absolute Gasteiger partial charge is 0.240 e. The normalized spacial score (nSPS) is 17.2. The van der Waals surface area contributed by atoms with E-state index in [0.717, 1.165) is 50.7 Å². The van der Waals surface area contributed by atoms with Crippen molar-refractivity contribution in [1.82, 2.24) is 20.4 Å². The van der Waals surface area contributed by atoms with E-state index in [1.54, 1.807) is 0 Å². The molecule has 0 bridgehead atoms. The summed E-state index contributed by atoms with van der Waals surface area (Å²) in [6.45, 7) is 10.7. The Bertz CT molecular complexity index is 385. The van der Waals surface area contributed by atoms with E-state index in [2.05, 4.69) is 41.1 Å². The second-order valence-electron chi connectivity index (χ2n) is 6.15. The Kier molecular flexibility index (Phi) is 5.98. The molecular formula is C15H28N4O. The maximum absolute atomic E-state index is 5.41. The van der Waals surface area contributed by atoms with E-state index in [1.807, 2.05) is 0 Å². The van der Waals surface area contributed by atoms with E-state index < -0.39 is 0 Å². The number of nitrogens with one attached hydrogen (secondary N) is 1. The van der Waals surface area contributed by atoms with Crippen molar-refractivity contribution in [2.45, 2.75) is 59.0 Å². The highest BCUT2D eigenvalue weighted by Gasteiger charge is 2.22. The summed E-state index contributed by atoms with van der Waals surface area (Å²) < 4.78 is 5.41. The first kappa shape index (κ1) is 15.4. The van der Waals surface area contributed by atoms with Crippen LogP contribution in [0.3, 0.4) is 0 Å². The van der Waals surface area contributed by atoms with Gasteiger partial charge in [-0.05, 0) is 44.8 Å². The molecule has 5 nitrogen and oxygen atoms in total. The molecule has 0 atom stereocenters. The van der Waals surface area contributed by atoms with Gasteiger partial charge in [0.15, 0.2) is 5.82 Å². The lowest BCUT2D eigenvalue weighted by Crippen LogP contribution is -2.43. The molecule has 1 aliphatic rings. The van der Waals surface area contributed by atoms with Crippen molar-refractivity contribution in [2.75, 3.05) is 19.6 Å². The Morgan fingerprint density at radius 1 is 1.35 bits per heavy atom. The minimum Gasteiger partial charge on any atom is -0.338 e. The van der Waals surface area contributed by atoms with Crippen LogP contribution in [0.4, 0.5) is 0 Å². The summed E-state index contributed by atoms with van der Waals surface area (Å²) in [6, 6.07) is 0.650. The Morgan fingerprint density at radius 3 is 2.75 bits per heavy atom. The summed E-state index contributed by atoms with van der Waals surface area (Å²) in [7, 11) is 0. The molecular weight excluding hydrogens is 252 g/mol. The molecule has 0 aliphatic carbocycles. The van der Waals surface area contributed by atoms with Crippen LogP contribution in [-0.2, 0) is 13.0 Å². The highest BCUT2D eigenvalue weighted by atomic mass is 16.5. The van der Waals surface area contributed by atoms with Crippen molar-refractivity contribution in [1.29, 1.82) is 0 Å². The molecule has 0 spiro atoms. The predicted molar refractivity (Wildman–Crippen MR) is 79.4 cm³/mol. The van der Waals surface area contributed by atoms with E-state index in [1.165, 1.54) is 12.8 Å². The third-order valence-corrected chi connectivity index (χ3v) is 3.78. The number of rotatable bonds is 7. The molecule has 0 radical (unpaired) electrons.